The number of pyridine rings is 1. The van der Waals surface area contributed by atoms with E-state index in [2.05, 4.69) is 11.1 Å². The van der Waals surface area contributed by atoms with Crippen LogP contribution in [0.1, 0.15) is 30.9 Å². The maximum atomic E-state index is 12.2. The number of aromatic nitrogens is 1. The number of carbonyl (C=O) groups is 1. The van der Waals surface area contributed by atoms with Gasteiger partial charge in [0.25, 0.3) is 0 Å². The normalized spacial score (nSPS) is 31.6. The quantitative estimate of drug-likeness (QED) is 0.829. The predicted molar refractivity (Wildman–Crippen MR) is 64.0 cm³/mol. The maximum absolute atomic E-state index is 12.2. The van der Waals surface area contributed by atoms with Crippen LogP contribution in [0.4, 0.5) is 0 Å². The van der Waals surface area contributed by atoms with E-state index >= 15 is 0 Å². The fourth-order valence-corrected chi connectivity index (χ4v) is 2.66. The van der Waals surface area contributed by atoms with E-state index < -0.39 is 0 Å². The molecule has 3 unspecified atom stereocenters. The molecule has 2 fully saturated rings. The van der Waals surface area contributed by atoms with E-state index in [-0.39, 0.29) is 23.9 Å². The first kappa shape index (κ1) is 10.7. The number of amides is 1. The zero-order valence-corrected chi connectivity index (χ0v) is 9.75. The van der Waals surface area contributed by atoms with E-state index in [1.807, 2.05) is 17.2 Å². The average Bonchev–Trinajstić information content (AvgIpc) is 2.92. The SMILES string of the molecule is NC1CC1C(=O)N1CCCC1c1cccnc1. The van der Waals surface area contributed by atoms with Crippen LogP contribution in [0.25, 0.3) is 0 Å². The van der Waals surface area contributed by atoms with Crippen molar-refractivity contribution in [2.75, 3.05) is 6.54 Å². The Labute approximate surface area is 101 Å². The minimum Gasteiger partial charge on any atom is -0.335 e. The third-order valence-corrected chi connectivity index (χ3v) is 3.76. The van der Waals surface area contributed by atoms with E-state index in [0.717, 1.165) is 31.4 Å². The van der Waals surface area contributed by atoms with Gasteiger partial charge in [0.15, 0.2) is 0 Å². The monoisotopic (exact) mass is 231 g/mol. The summed E-state index contributed by atoms with van der Waals surface area (Å²) in [5, 5.41) is 0. The van der Waals surface area contributed by atoms with Gasteiger partial charge in [-0.1, -0.05) is 6.07 Å². The molecular formula is C13H17N3O. The van der Waals surface area contributed by atoms with E-state index in [0.29, 0.717) is 0 Å². The molecule has 1 aromatic rings. The summed E-state index contributed by atoms with van der Waals surface area (Å²) in [5.41, 5.74) is 6.91. The van der Waals surface area contributed by atoms with Crippen molar-refractivity contribution in [1.29, 1.82) is 0 Å². The highest BCUT2D eigenvalue weighted by molar-refractivity contribution is 5.83. The lowest BCUT2D eigenvalue weighted by molar-refractivity contribution is -0.133. The number of carbonyl (C=O) groups excluding carboxylic acids is 1. The Morgan fingerprint density at radius 3 is 3.00 bits per heavy atom. The van der Waals surface area contributed by atoms with Crippen LogP contribution < -0.4 is 5.73 Å². The highest BCUT2D eigenvalue weighted by atomic mass is 16.2. The smallest absolute Gasteiger partial charge is 0.227 e. The number of hydrogen-bond acceptors (Lipinski definition) is 3. The lowest BCUT2D eigenvalue weighted by Gasteiger charge is -2.25. The molecule has 0 bridgehead atoms. The van der Waals surface area contributed by atoms with E-state index in [4.69, 9.17) is 5.73 Å². The third kappa shape index (κ3) is 1.93. The van der Waals surface area contributed by atoms with Crippen LogP contribution >= 0.6 is 0 Å². The summed E-state index contributed by atoms with van der Waals surface area (Å²) >= 11 is 0. The number of likely N-dealkylation sites (tertiary alicyclic amines) is 1. The first-order valence-electron chi connectivity index (χ1n) is 6.23. The molecule has 1 saturated carbocycles. The Morgan fingerprint density at radius 1 is 1.53 bits per heavy atom. The van der Waals surface area contributed by atoms with Gasteiger partial charge in [-0.15, -0.1) is 0 Å². The minimum absolute atomic E-state index is 0.0762. The molecule has 0 aromatic carbocycles. The molecular weight excluding hydrogens is 214 g/mol. The number of nitrogens with zero attached hydrogens (tertiary/aromatic N) is 2. The summed E-state index contributed by atoms with van der Waals surface area (Å²) in [6.07, 6.45) is 6.60. The fourth-order valence-electron chi connectivity index (χ4n) is 2.66. The molecule has 1 saturated heterocycles. The van der Waals surface area contributed by atoms with Gasteiger partial charge in [-0.25, -0.2) is 0 Å². The Kier molecular flexibility index (Phi) is 2.59. The highest BCUT2D eigenvalue weighted by Gasteiger charge is 2.45. The van der Waals surface area contributed by atoms with Crippen molar-refractivity contribution in [3.63, 3.8) is 0 Å². The van der Waals surface area contributed by atoms with Gasteiger partial charge in [0.1, 0.15) is 0 Å². The Bertz CT molecular complexity index is 420. The molecule has 4 nitrogen and oxygen atoms in total. The predicted octanol–water partition coefficient (Wildman–Crippen LogP) is 1.09. The number of nitrogens with two attached hydrogens (primary N) is 1. The van der Waals surface area contributed by atoms with Gasteiger partial charge in [-0.3, -0.25) is 9.78 Å². The fraction of sp³-hybridized carbons (Fsp3) is 0.538. The topological polar surface area (TPSA) is 59.2 Å². The van der Waals surface area contributed by atoms with Gasteiger partial charge >= 0.3 is 0 Å². The molecule has 0 radical (unpaired) electrons. The molecule has 3 atom stereocenters. The largest absolute Gasteiger partial charge is 0.335 e. The van der Waals surface area contributed by atoms with Gasteiger partial charge in [-0.05, 0) is 30.9 Å². The molecule has 1 aliphatic carbocycles. The second-order valence-corrected chi connectivity index (χ2v) is 4.98. The Balaban J connectivity index is 1.78. The van der Waals surface area contributed by atoms with Gasteiger partial charge in [0.05, 0.1) is 12.0 Å². The Morgan fingerprint density at radius 2 is 2.35 bits per heavy atom. The third-order valence-electron chi connectivity index (χ3n) is 3.76. The van der Waals surface area contributed by atoms with Crippen molar-refractivity contribution in [3.05, 3.63) is 30.1 Å². The molecule has 1 aromatic heterocycles. The average molecular weight is 231 g/mol. The van der Waals surface area contributed by atoms with E-state index in [9.17, 15) is 4.79 Å². The molecule has 2 aliphatic rings. The lowest BCUT2D eigenvalue weighted by Crippen LogP contribution is -2.33. The van der Waals surface area contributed by atoms with Crippen LogP contribution in [0.3, 0.4) is 0 Å². The van der Waals surface area contributed by atoms with Crippen molar-refractivity contribution in [1.82, 2.24) is 9.88 Å². The highest BCUT2D eigenvalue weighted by Crippen LogP contribution is 2.37. The molecule has 2 heterocycles. The van der Waals surface area contributed by atoms with Crippen LogP contribution in [-0.2, 0) is 4.79 Å². The first-order chi connectivity index (χ1) is 8.27. The van der Waals surface area contributed by atoms with Crippen LogP contribution in [0.2, 0.25) is 0 Å². The zero-order valence-electron chi connectivity index (χ0n) is 9.75. The second-order valence-electron chi connectivity index (χ2n) is 4.98. The van der Waals surface area contributed by atoms with Crippen molar-refractivity contribution in [2.45, 2.75) is 31.3 Å². The molecule has 3 rings (SSSR count). The van der Waals surface area contributed by atoms with Crippen molar-refractivity contribution >= 4 is 5.91 Å². The van der Waals surface area contributed by atoms with Crippen molar-refractivity contribution in [3.8, 4) is 0 Å². The van der Waals surface area contributed by atoms with Crippen LogP contribution in [-0.4, -0.2) is 28.4 Å². The summed E-state index contributed by atoms with van der Waals surface area (Å²) in [6, 6.07) is 4.29. The molecule has 17 heavy (non-hydrogen) atoms. The summed E-state index contributed by atoms with van der Waals surface area (Å²) in [4.78, 5) is 18.4. The van der Waals surface area contributed by atoms with Crippen molar-refractivity contribution in [2.24, 2.45) is 11.7 Å². The minimum atomic E-state index is 0.0762. The molecule has 4 heteroatoms. The van der Waals surface area contributed by atoms with E-state index in [1.54, 1.807) is 6.20 Å². The lowest BCUT2D eigenvalue weighted by atomic mass is 10.1. The molecule has 0 spiro atoms. The molecule has 2 N–H and O–H groups in total. The first-order valence-corrected chi connectivity index (χ1v) is 6.23. The molecule has 1 amide bonds. The zero-order chi connectivity index (χ0) is 11.8. The number of hydrogen-bond donors (Lipinski definition) is 1. The van der Waals surface area contributed by atoms with Gasteiger partial charge in [0.2, 0.25) is 5.91 Å². The Hall–Kier alpha value is -1.42. The standard InChI is InChI=1S/C13H17N3O/c14-11-7-10(11)13(17)16-6-2-4-12(16)9-3-1-5-15-8-9/h1,3,5,8,10-12H,2,4,6-7,14H2. The molecule has 90 valence electrons. The van der Waals surface area contributed by atoms with Gasteiger partial charge in [0, 0.05) is 25.0 Å². The van der Waals surface area contributed by atoms with Gasteiger partial charge < -0.3 is 10.6 Å². The summed E-state index contributed by atoms with van der Waals surface area (Å²) in [7, 11) is 0. The van der Waals surface area contributed by atoms with Crippen LogP contribution in [0.15, 0.2) is 24.5 Å². The maximum Gasteiger partial charge on any atom is 0.227 e. The summed E-state index contributed by atoms with van der Waals surface area (Å²) < 4.78 is 0. The van der Waals surface area contributed by atoms with Crippen LogP contribution in [0.5, 0.6) is 0 Å². The summed E-state index contributed by atoms with van der Waals surface area (Å²) in [6.45, 7) is 0.863. The molecule has 1 aliphatic heterocycles. The number of rotatable bonds is 2. The van der Waals surface area contributed by atoms with E-state index in [1.165, 1.54) is 0 Å². The van der Waals surface area contributed by atoms with Crippen LogP contribution in [0, 0.1) is 5.92 Å². The van der Waals surface area contributed by atoms with Gasteiger partial charge in [-0.2, -0.15) is 0 Å². The summed E-state index contributed by atoms with van der Waals surface area (Å²) in [5.74, 6) is 0.316. The second kappa shape index (κ2) is 4.11. The van der Waals surface area contributed by atoms with Crippen molar-refractivity contribution < 1.29 is 4.79 Å².